The summed E-state index contributed by atoms with van der Waals surface area (Å²) in [6, 6.07) is 7.98. The first kappa shape index (κ1) is 16.5. The molecule has 0 aromatic heterocycles. The first-order valence-electron chi connectivity index (χ1n) is 5.84. The van der Waals surface area contributed by atoms with Gasteiger partial charge in [-0.25, -0.2) is 9.69 Å². The molecule has 0 saturated carbocycles. The Morgan fingerprint density at radius 2 is 1.95 bits per heavy atom. The maximum atomic E-state index is 11.8. The number of carbonyl (C=O) groups excluding carboxylic acids is 2. The maximum absolute atomic E-state index is 11.8. The van der Waals surface area contributed by atoms with Crippen LogP contribution in [-0.2, 0) is 16.1 Å². The molecule has 1 aromatic rings. The molecule has 0 aliphatic heterocycles. The number of rotatable bonds is 5. The molecule has 0 fully saturated rings. The van der Waals surface area contributed by atoms with E-state index in [2.05, 4.69) is 0 Å². The Labute approximate surface area is 117 Å². The van der Waals surface area contributed by atoms with Gasteiger partial charge in [0.2, 0.25) is 5.91 Å². The van der Waals surface area contributed by atoms with E-state index < -0.39 is 32.7 Å². The Bertz CT molecular complexity index is 452. The lowest BCUT2D eigenvalue weighted by molar-refractivity contribution is -0.129. The molecule has 0 radical (unpaired) electrons. The predicted molar refractivity (Wildman–Crippen MR) is 73.3 cm³/mol. The molecule has 8 heteroatoms. The second-order valence-corrected chi connectivity index (χ2v) is 5.14. The third-order valence-corrected chi connectivity index (χ3v) is 2.88. The number of ether oxygens (including phenoxy) is 1. The fourth-order valence-corrected chi connectivity index (χ4v) is 1.89. The van der Waals surface area contributed by atoms with Crippen molar-refractivity contribution in [3.8, 4) is 0 Å². The van der Waals surface area contributed by atoms with Crippen LogP contribution in [0.2, 0.25) is 0 Å². The molecule has 1 atom stereocenters. The second-order valence-electron chi connectivity index (χ2n) is 4.11. The number of amides is 2. The molecular weight excluding hydrogens is 283 g/mol. The van der Waals surface area contributed by atoms with Gasteiger partial charge >= 0.3 is 6.09 Å². The largest absolute Gasteiger partial charge is 0.444 e. The quantitative estimate of drug-likeness (QED) is 0.692. The van der Waals surface area contributed by atoms with Crippen LogP contribution in [0.1, 0.15) is 12.5 Å². The Morgan fingerprint density at radius 3 is 2.45 bits per heavy atom. The van der Waals surface area contributed by atoms with Crippen LogP contribution in [0.4, 0.5) is 4.79 Å². The van der Waals surface area contributed by atoms with Crippen LogP contribution in [0.15, 0.2) is 30.3 Å². The van der Waals surface area contributed by atoms with Gasteiger partial charge in [0.25, 0.3) is 0 Å². The van der Waals surface area contributed by atoms with Crippen molar-refractivity contribution in [3.63, 3.8) is 0 Å². The average molecular weight is 300 g/mol. The van der Waals surface area contributed by atoms with E-state index in [1.165, 1.54) is 6.92 Å². The third kappa shape index (κ3) is 5.22. The van der Waals surface area contributed by atoms with Gasteiger partial charge < -0.3 is 20.3 Å². The molecule has 0 bridgehead atoms. The smallest absolute Gasteiger partial charge is 0.417 e. The molecule has 0 aliphatic carbocycles. The zero-order valence-electron chi connectivity index (χ0n) is 11.0. The molecule has 20 heavy (non-hydrogen) atoms. The van der Waals surface area contributed by atoms with Gasteiger partial charge in [0.05, 0.1) is 6.04 Å². The van der Waals surface area contributed by atoms with Crippen LogP contribution in [0, 0.1) is 0 Å². The minimum absolute atomic E-state index is 0.0167. The number of hydrogen-bond acceptors (Lipinski definition) is 6. The lowest BCUT2D eigenvalue weighted by Crippen LogP contribution is -2.45. The minimum atomic E-state index is -2.45. The summed E-state index contributed by atoms with van der Waals surface area (Å²) in [5.41, 5.74) is 6.16. The molecule has 0 spiro atoms. The first-order valence-corrected chi connectivity index (χ1v) is 7.28. The average Bonchev–Trinajstić information content (AvgIpc) is 2.42. The highest BCUT2D eigenvalue weighted by molar-refractivity contribution is 7.45. The van der Waals surface area contributed by atoms with E-state index in [1.54, 1.807) is 24.3 Å². The zero-order valence-corrected chi connectivity index (χ0v) is 11.9. The van der Waals surface area contributed by atoms with E-state index in [0.29, 0.717) is 4.90 Å². The molecule has 7 nitrogen and oxygen atoms in total. The van der Waals surface area contributed by atoms with Gasteiger partial charge in [0.15, 0.2) is 8.38 Å². The van der Waals surface area contributed by atoms with Gasteiger partial charge in [-0.3, -0.25) is 4.79 Å². The van der Waals surface area contributed by atoms with Gasteiger partial charge in [-0.2, -0.15) is 0 Å². The van der Waals surface area contributed by atoms with E-state index in [-0.39, 0.29) is 6.61 Å². The fraction of sp³-hybridized carbons (Fsp3) is 0.333. The van der Waals surface area contributed by atoms with Crippen molar-refractivity contribution in [1.29, 1.82) is 0 Å². The Hall–Kier alpha value is -1.53. The summed E-state index contributed by atoms with van der Waals surface area (Å²) in [5, 5.41) is 0. The van der Waals surface area contributed by atoms with Crippen LogP contribution in [-0.4, -0.2) is 39.0 Å². The van der Waals surface area contributed by atoms with E-state index in [0.717, 1.165) is 5.56 Å². The third-order valence-electron chi connectivity index (χ3n) is 2.35. The number of imide groups is 1. The number of nitrogens with two attached hydrogens (primary N) is 1. The van der Waals surface area contributed by atoms with E-state index in [1.807, 2.05) is 6.07 Å². The van der Waals surface area contributed by atoms with Gasteiger partial charge in [-0.15, -0.1) is 0 Å². The van der Waals surface area contributed by atoms with Crippen molar-refractivity contribution in [2.45, 2.75) is 19.6 Å². The molecule has 0 aliphatic rings. The van der Waals surface area contributed by atoms with Crippen molar-refractivity contribution in [3.05, 3.63) is 35.9 Å². The van der Waals surface area contributed by atoms with Crippen LogP contribution < -0.4 is 5.73 Å². The van der Waals surface area contributed by atoms with Crippen molar-refractivity contribution in [1.82, 2.24) is 4.90 Å². The highest BCUT2D eigenvalue weighted by Crippen LogP contribution is 2.25. The zero-order chi connectivity index (χ0) is 15.1. The second kappa shape index (κ2) is 7.91. The van der Waals surface area contributed by atoms with Gasteiger partial charge in [0.1, 0.15) is 12.9 Å². The molecular formula is C12H17N2O5P. The predicted octanol–water partition coefficient (Wildman–Crippen LogP) is 0.753. The van der Waals surface area contributed by atoms with Crippen molar-refractivity contribution >= 4 is 20.4 Å². The van der Waals surface area contributed by atoms with Crippen LogP contribution in [0.3, 0.4) is 0 Å². The van der Waals surface area contributed by atoms with Gasteiger partial charge in [-0.1, -0.05) is 30.3 Å². The molecule has 1 aromatic carbocycles. The summed E-state index contributed by atoms with van der Waals surface area (Å²) >= 11 is 0. The highest BCUT2D eigenvalue weighted by Gasteiger charge is 2.27. The van der Waals surface area contributed by atoms with Crippen molar-refractivity contribution in [2.24, 2.45) is 5.73 Å². The standard InChI is InChI=1S/C12H17N2O5P/c1-9(13)11(15)14(8-20(17)18)12(16)19-7-10-5-3-2-4-6-10/h2-6,9,17-18H,7-8,13H2,1H3/t9-/m0/s1. The van der Waals surface area contributed by atoms with Crippen LogP contribution in [0.25, 0.3) is 0 Å². The summed E-state index contributed by atoms with van der Waals surface area (Å²) in [7, 11) is -2.45. The lowest BCUT2D eigenvalue weighted by atomic mass is 10.2. The number of carbonyl (C=O) groups is 2. The summed E-state index contributed by atoms with van der Waals surface area (Å²) in [6.45, 7) is 1.38. The number of hydrogen-bond donors (Lipinski definition) is 3. The topological polar surface area (TPSA) is 113 Å². The highest BCUT2D eigenvalue weighted by atomic mass is 31.2. The van der Waals surface area contributed by atoms with Crippen molar-refractivity contribution < 1.29 is 24.1 Å². The number of nitrogens with zero attached hydrogens (tertiary/aromatic N) is 1. The monoisotopic (exact) mass is 300 g/mol. The summed E-state index contributed by atoms with van der Waals surface area (Å²) in [6.07, 6.45) is -1.48. The van der Waals surface area contributed by atoms with Crippen molar-refractivity contribution in [2.75, 3.05) is 6.29 Å². The summed E-state index contributed by atoms with van der Waals surface area (Å²) < 4.78 is 4.96. The normalized spacial score (nSPS) is 12.1. The molecule has 2 amide bonds. The molecule has 110 valence electrons. The van der Waals surface area contributed by atoms with Gasteiger partial charge in [-0.05, 0) is 12.5 Å². The van der Waals surface area contributed by atoms with Gasteiger partial charge in [0, 0.05) is 0 Å². The molecule has 0 heterocycles. The van der Waals surface area contributed by atoms with Crippen LogP contribution >= 0.6 is 8.38 Å². The number of benzene rings is 1. The molecule has 1 rings (SSSR count). The minimum Gasteiger partial charge on any atom is -0.444 e. The van der Waals surface area contributed by atoms with Crippen LogP contribution in [0.5, 0.6) is 0 Å². The van der Waals surface area contributed by atoms with E-state index in [9.17, 15) is 9.59 Å². The Morgan fingerprint density at radius 1 is 1.35 bits per heavy atom. The summed E-state index contributed by atoms with van der Waals surface area (Å²) in [4.78, 5) is 42.1. The summed E-state index contributed by atoms with van der Waals surface area (Å²) in [5.74, 6) is -0.723. The molecule has 0 unspecified atom stereocenters. The Kier molecular flexibility index (Phi) is 6.54. The molecule has 0 saturated heterocycles. The molecule has 4 N–H and O–H groups in total. The van der Waals surface area contributed by atoms with E-state index in [4.69, 9.17) is 20.3 Å². The fourth-order valence-electron chi connectivity index (χ4n) is 1.39. The first-order chi connectivity index (χ1) is 9.41. The maximum Gasteiger partial charge on any atom is 0.417 e. The lowest BCUT2D eigenvalue weighted by Gasteiger charge is -2.22. The SMILES string of the molecule is C[C@H](N)C(=O)N(CP(O)O)C(=O)OCc1ccccc1. The van der Waals surface area contributed by atoms with E-state index >= 15 is 0 Å². The Balaban J connectivity index is 2.66.